The van der Waals surface area contributed by atoms with E-state index in [1.807, 2.05) is 13.8 Å². The second kappa shape index (κ2) is 4.42. The molecule has 0 amide bonds. The minimum Gasteiger partial charge on any atom is -0.375 e. The molecule has 0 aromatic heterocycles. The van der Waals surface area contributed by atoms with E-state index in [1.165, 1.54) is 0 Å². The lowest BCUT2D eigenvalue weighted by atomic mass is 9.50. The van der Waals surface area contributed by atoms with Crippen molar-refractivity contribution in [3.8, 4) is 24.3 Å². The summed E-state index contributed by atoms with van der Waals surface area (Å²) in [6, 6.07) is 7.18. The molecule has 1 saturated carbocycles. The van der Waals surface area contributed by atoms with Crippen LogP contribution < -0.4 is 0 Å². The van der Waals surface area contributed by atoms with Gasteiger partial charge >= 0.3 is 0 Å². The van der Waals surface area contributed by atoms with E-state index in [9.17, 15) is 0 Å². The molecule has 1 atom stereocenters. The Morgan fingerprint density at radius 2 is 1.65 bits per heavy atom. The van der Waals surface area contributed by atoms with Crippen molar-refractivity contribution in [2.24, 2.45) is 16.7 Å². The first-order valence-corrected chi connectivity index (χ1v) is 5.28. The molecule has 1 unspecified atom stereocenters. The zero-order chi connectivity index (χ0) is 13.1. The molecule has 1 fully saturated rings. The maximum Gasteiger partial charge on any atom is 0.201 e. The molecule has 0 heterocycles. The van der Waals surface area contributed by atoms with Crippen molar-refractivity contribution in [2.45, 2.75) is 26.4 Å². The monoisotopic (exact) mass is 228 g/mol. The van der Waals surface area contributed by atoms with Gasteiger partial charge in [0.1, 0.15) is 0 Å². The second-order valence-corrected chi connectivity index (χ2v) is 4.58. The Bertz CT molecular complexity index is 441. The van der Waals surface area contributed by atoms with Crippen LogP contribution in [0.15, 0.2) is 0 Å². The fourth-order valence-corrected chi connectivity index (χ4v) is 1.88. The van der Waals surface area contributed by atoms with E-state index < -0.39 is 16.9 Å². The molecule has 0 aliphatic heterocycles. The summed E-state index contributed by atoms with van der Waals surface area (Å²) in [5, 5.41) is 36.2. The molecule has 0 N–H and O–H groups in total. The van der Waals surface area contributed by atoms with Crippen LogP contribution in [0.3, 0.4) is 0 Å². The van der Waals surface area contributed by atoms with Gasteiger partial charge in [0.2, 0.25) is 5.41 Å². The molecule has 5 heteroatoms. The lowest BCUT2D eigenvalue weighted by Gasteiger charge is -2.48. The van der Waals surface area contributed by atoms with Crippen molar-refractivity contribution in [3.63, 3.8) is 0 Å². The Labute approximate surface area is 100 Å². The average molecular weight is 228 g/mol. The summed E-state index contributed by atoms with van der Waals surface area (Å²) in [4.78, 5) is 0. The standard InChI is InChI=1S/C12H12N4O/c1-9(2)4-17-10-3-11(5-13,6-14)12(10,7-15)8-16/h9-10H,3-4H2,1-2H3. The SMILES string of the molecule is CC(C)COC1CC(C#N)(C#N)C1(C#N)C#N. The smallest absolute Gasteiger partial charge is 0.201 e. The Hall–Kier alpha value is -2.08. The van der Waals surface area contributed by atoms with Crippen molar-refractivity contribution >= 4 is 0 Å². The van der Waals surface area contributed by atoms with Crippen LogP contribution in [0.4, 0.5) is 0 Å². The summed E-state index contributed by atoms with van der Waals surface area (Å²) < 4.78 is 5.45. The van der Waals surface area contributed by atoms with Gasteiger partial charge in [0.15, 0.2) is 5.41 Å². The third-order valence-corrected chi connectivity index (χ3v) is 3.01. The predicted molar refractivity (Wildman–Crippen MR) is 56.5 cm³/mol. The highest BCUT2D eigenvalue weighted by atomic mass is 16.5. The highest BCUT2D eigenvalue weighted by Crippen LogP contribution is 2.57. The minimum absolute atomic E-state index is 0.119. The van der Waals surface area contributed by atoms with E-state index in [4.69, 9.17) is 25.8 Å². The van der Waals surface area contributed by atoms with Gasteiger partial charge in [0, 0.05) is 13.0 Å². The van der Waals surface area contributed by atoms with Crippen molar-refractivity contribution in [3.05, 3.63) is 0 Å². The molecule has 0 saturated heterocycles. The van der Waals surface area contributed by atoms with Crippen LogP contribution in [0, 0.1) is 62.1 Å². The van der Waals surface area contributed by atoms with Crippen LogP contribution in [0.25, 0.3) is 0 Å². The molecular formula is C12H12N4O. The van der Waals surface area contributed by atoms with Crippen molar-refractivity contribution < 1.29 is 4.74 Å². The summed E-state index contributed by atoms with van der Waals surface area (Å²) >= 11 is 0. The van der Waals surface area contributed by atoms with Gasteiger partial charge in [-0.25, -0.2) is 0 Å². The van der Waals surface area contributed by atoms with E-state index in [-0.39, 0.29) is 12.3 Å². The lowest BCUT2D eigenvalue weighted by molar-refractivity contribution is -0.114. The third-order valence-electron chi connectivity index (χ3n) is 3.01. The van der Waals surface area contributed by atoms with E-state index >= 15 is 0 Å². The number of rotatable bonds is 3. The maximum atomic E-state index is 9.12. The fraction of sp³-hybridized carbons (Fsp3) is 0.667. The number of ether oxygens (including phenoxy) is 1. The fourth-order valence-electron chi connectivity index (χ4n) is 1.88. The second-order valence-electron chi connectivity index (χ2n) is 4.58. The van der Waals surface area contributed by atoms with Gasteiger partial charge in [-0.3, -0.25) is 0 Å². The van der Waals surface area contributed by atoms with E-state index in [0.29, 0.717) is 6.61 Å². The first-order valence-electron chi connectivity index (χ1n) is 5.28. The topological polar surface area (TPSA) is 104 Å². The summed E-state index contributed by atoms with van der Waals surface area (Å²) in [5.74, 6) is 0.268. The van der Waals surface area contributed by atoms with Crippen molar-refractivity contribution in [1.82, 2.24) is 0 Å². The molecule has 0 spiro atoms. The third kappa shape index (κ3) is 1.62. The molecular weight excluding hydrogens is 216 g/mol. The molecule has 0 aromatic rings. The van der Waals surface area contributed by atoms with Crippen LogP contribution in [0.2, 0.25) is 0 Å². The van der Waals surface area contributed by atoms with E-state index in [1.54, 1.807) is 24.3 Å². The van der Waals surface area contributed by atoms with Crippen LogP contribution in [0.5, 0.6) is 0 Å². The number of hydrogen-bond donors (Lipinski definition) is 0. The number of nitrogens with zero attached hydrogens (tertiary/aromatic N) is 4. The van der Waals surface area contributed by atoms with Gasteiger partial charge in [-0.05, 0) is 5.92 Å². The van der Waals surface area contributed by atoms with Crippen LogP contribution in [-0.4, -0.2) is 12.7 Å². The van der Waals surface area contributed by atoms with Gasteiger partial charge in [-0.2, -0.15) is 21.0 Å². The average Bonchev–Trinajstić information content (AvgIpc) is 2.30. The Morgan fingerprint density at radius 3 is 2.00 bits per heavy atom. The minimum atomic E-state index is -1.66. The lowest BCUT2D eigenvalue weighted by Crippen LogP contribution is -2.60. The maximum absolute atomic E-state index is 9.12. The molecule has 1 aliphatic rings. The van der Waals surface area contributed by atoms with Gasteiger partial charge < -0.3 is 4.74 Å². The highest BCUT2D eigenvalue weighted by Gasteiger charge is 2.70. The molecule has 0 bridgehead atoms. The summed E-state index contributed by atoms with van der Waals surface area (Å²) in [6.07, 6.45) is -0.535. The zero-order valence-electron chi connectivity index (χ0n) is 9.77. The van der Waals surface area contributed by atoms with Gasteiger partial charge in [0.05, 0.1) is 30.4 Å². The Kier molecular flexibility index (Phi) is 3.38. The first kappa shape index (κ1) is 13.0. The molecule has 17 heavy (non-hydrogen) atoms. The largest absolute Gasteiger partial charge is 0.375 e. The summed E-state index contributed by atoms with van der Waals surface area (Å²) in [5.41, 5.74) is -3.22. The molecule has 1 aliphatic carbocycles. The van der Waals surface area contributed by atoms with Crippen molar-refractivity contribution in [2.75, 3.05) is 6.61 Å². The zero-order valence-corrected chi connectivity index (χ0v) is 9.77. The summed E-state index contributed by atoms with van der Waals surface area (Å²) in [7, 11) is 0. The van der Waals surface area contributed by atoms with Crippen LogP contribution in [0.1, 0.15) is 20.3 Å². The van der Waals surface area contributed by atoms with E-state index in [0.717, 1.165) is 0 Å². The Morgan fingerprint density at radius 1 is 1.12 bits per heavy atom. The number of nitriles is 4. The number of hydrogen-bond acceptors (Lipinski definition) is 5. The van der Waals surface area contributed by atoms with Crippen LogP contribution >= 0.6 is 0 Å². The van der Waals surface area contributed by atoms with Gasteiger partial charge in [-0.15, -0.1) is 0 Å². The summed E-state index contributed by atoms with van der Waals surface area (Å²) in [6.45, 7) is 4.30. The Balaban J connectivity index is 2.97. The molecule has 1 rings (SSSR count). The molecule has 86 valence electrons. The van der Waals surface area contributed by atoms with Gasteiger partial charge in [-0.1, -0.05) is 13.8 Å². The predicted octanol–water partition coefficient (Wildman–Crippen LogP) is 1.50. The van der Waals surface area contributed by atoms with Gasteiger partial charge in [0.25, 0.3) is 0 Å². The van der Waals surface area contributed by atoms with Crippen LogP contribution in [-0.2, 0) is 4.74 Å². The highest BCUT2D eigenvalue weighted by molar-refractivity contribution is 5.43. The normalized spacial score (nSPS) is 23.6. The molecule has 5 nitrogen and oxygen atoms in total. The first-order chi connectivity index (χ1) is 8.01. The van der Waals surface area contributed by atoms with E-state index in [2.05, 4.69) is 0 Å². The molecule has 0 radical (unpaired) electrons. The van der Waals surface area contributed by atoms with Crippen molar-refractivity contribution in [1.29, 1.82) is 21.0 Å². The quantitative estimate of drug-likeness (QED) is 0.727. The molecule has 0 aromatic carbocycles.